The quantitative estimate of drug-likeness (QED) is 0.759. The van der Waals surface area contributed by atoms with E-state index in [1.54, 1.807) is 12.1 Å². The second-order valence-corrected chi connectivity index (χ2v) is 7.74. The molecule has 1 saturated heterocycles. The molecule has 8 heteroatoms. The van der Waals surface area contributed by atoms with Crippen LogP contribution in [0.5, 0.6) is 0 Å². The lowest BCUT2D eigenvalue weighted by molar-refractivity contribution is -0.116. The number of aryl methyl sites for hydroxylation is 1. The second kappa shape index (κ2) is 8.52. The van der Waals surface area contributed by atoms with Crippen molar-refractivity contribution in [3.63, 3.8) is 0 Å². The van der Waals surface area contributed by atoms with Gasteiger partial charge in [0, 0.05) is 30.9 Å². The largest absolute Gasteiger partial charge is 0.399 e. The van der Waals surface area contributed by atoms with Gasteiger partial charge in [0.15, 0.2) is 0 Å². The Bertz CT molecular complexity index is 643. The monoisotopic (exact) mass is 361 g/mol. The number of halogens is 1. The molecule has 23 heavy (non-hydrogen) atoms. The molecule has 1 aromatic rings. The predicted molar refractivity (Wildman–Crippen MR) is 95.3 cm³/mol. The van der Waals surface area contributed by atoms with Crippen LogP contribution >= 0.6 is 12.4 Å². The van der Waals surface area contributed by atoms with Crippen molar-refractivity contribution >= 4 is 39.7 Å². The van der Waals surface area contributed by atoms with Crippen LogP contribution in [-0.2, 0) is 14.8 Å². The van der Waals surface area contributed by atoms with Crippen molar-refractivity contribution in [3.8, 4) is 0 Å². The minimum Gasteiger partial charge on any atom is -0.399 e. The third-order valence-corrected chi connectivity index (χ3v) is 5.76. The van der Waals surface area contributed by atoms with Crippen LogP contribution < -0.4 is 11.1 Å². The molecule has 3 N–H and O–H groups in total. The predicted octanol–water partition coefficient (Wildman–Crippen LogP) is 2.14. The number of hydrogen-bond donors (Lipinski definition) is 2. The summed E-state index contributed by atoms with van der Waals surface area (Å²) < 4.78 is 25.6. The maximum absolute atomic E-state index is 12.0. The van der Waals surface area contributed by atoms with Gasteiger partial charge in [-0.1, -0.05) is 6.07 Å². The summed E-state index contributed by atoms with van der Waals surface area (Å²) in [6.07, 6.45) is 2.36. The first-order chi connectivity index (χ1) is 10.4. The smallest absolute Gasteiger partial charge is 0.224 e. The van der Waals surface area contributed by atoms with Crippen LogP contribution in [0.25, 0.3) is 0 Å². The van der Waals surface area contributed by atoms with Gasteiger partial charge in [-0.05, 0) is 43.9 Å². The zero-order valence-corrected chi connectivity index (χ0v) is 14.9. The number of anilines is 2. The van der Waals surface area contributed by atoms with E-state index in [9.17, 15) is 13.2 Å². The van der Waals surface area contributed by atoms with Crippen LogP contribution in [-0.4, -0.2) is 37.5 Å². The van der Waals surface area contributed by atoms with E-state index >= 15 is 0 Å². The van der Waals surface area contributed by atoms with Crippen molar-refractivity contribution in [3.05, 3.63) is 23.8 Å². The standard InChI is InChI=1S/C15H23N3O3S.ClH/c1-12-6-7-13(16)11-14(12)17-15(19)5-4-10-22(20,21)18-8-2-3-9-18;/h6-7,11H,2-5,8-10,16H2,1H3,(H,17,19);1H. The number of amides is 1. The van der Waals surface area contributed by atoms with Crippen molar-refractivity contribution < 1.29 is 13.2 Å². The molecule has 0 radical (unpaired) electrons. The number of hydrogen-bond acceptors (Lipinski definition) is 4. The van der Waals surface area contributed by atoms with Gasteiger partial charge in [-0.2, -0.15) is 0 Å². The van der Waals surface area contributed by atoms with E-state index in [1.165, 1.54) is 4.31 Å². The molecular weight excluding hydrogens is 338 g/mol. The van der Waals surface area contributed by atoms with Gasteiger partial charge in [0.05, 0.1) is 5.75 Å². The Morgan fingerprint density at radius 1 is 1.30 bits per heavy atom. The highest BCUT2D eigenvalue weighted by molar-refractivity contribution is 7.89. The Morgan fingerprint density at radius 2 is 1.96 bits per heavy atom. The van der Waals surface area contributed by atoms with Crippen molar-refractivity contribution in [1.82, 2.24) is 4.31 Å². The average Bonchev–Trinajstić information content (AvgIpc) is 2.97. The summed E-state index contributed by atoms with van der Waals surface area (Å²) in [4.78, 5) is 11.9. The van der Waals surface area contributed by atoms with Crippen molar-refractivity contribution in [2.24, 2.45) is 0 Å². The fourth-order valence-electron chi connectivity index (χ4n) is 2.50. The highest BCUT2D eigenvalue weighted by Crippen LogP contribution is 2.19. The first-order valence-electron chi connectivity index (χ1n) is 7.52. The number of benzene rings is 1. The Hall–Kier alpha value is -1.31. The van der Waals surface area contributed by atoms with E-state index in [0.29, 0.717) is 30.9 Å². The second-order valence-electron chi connectivity index (χ2n) is 5.65. The summed E-state index contributed by atoms with van der Waals surface area (Å²) in [5.74, 6) is -0.165. The van der Waals surface area contributed by atoms with E-state index in [1.807, 2.05) is 13.0 Å². The highest BCUT2D eigenvalue weighted by Gasteiger charge is 2.24. The number of nitrogen functional groups attached to an aromatic ring is 1. The minimum atomic E-state index is -3.21. The number of sulfonamides is 1. The molecule has 1 aliphatic heterocycles. The Kier molecular flexibility index (Phi) is 7.31. The molecular formula is C15H24ClN3O3S. The lowest BCUT2D eigenvalue weighted by atomic mass is 10.1. The molecule has 0 bridgehead atoms. The van der Waals surface area contributed by atoms with Crippen LogP contribution in [0.15, 0.2) is 18.2 Å². The topological polar surface area (TPSA) is 92.5 Å². The molecule has 0 spiro atoms. The minimum absolute atomic E-state index is 0. The number of carbonyl (C=O) groups excluding carboxylic acids is 1. The normalized spacial score (nSPS) is 15.2. The van der Waals surface area contributed by atoms with Gasteiger partial charge in [-0.25, -0.2) is 12.7 Å². The zero-order chi connectivity index (χ0) is 16.2. The van der Waals surface area contributed by atoms with Gasteiger partial charge in [0.2, 0.25) is 15.9 Å². The maximum Gasteiger partial charge on any atom is 0.224 e. The van der Waals surface area contributed by atoms with Gasteiger partial charge in [0.25, 0.3) is 0 Å². The molecule has 0 atom stereocenters. The van der Waals surface area contributed by atoms with Gasteiger partial charge in [-0.15, -0.1) is 12.4 Å². The Morgan fingerprint density at radius 3 is 2.61 bits per heavy atom. The molecule has 1 amide bonds. The van der Waals surface area contributed by atoms with Crippen molar-refractivity contribution in [1.29, 1.82) is 0 Å². The summed E-state index contributed by atoms with van der Waals surface area (Å²) >= 11 is 0. The summed E-state index contributed by atoms with van der Waals surface area (Å²) in [7, 11) is -3.21. The fourth-order valence-corrected chi connectivity index (χ4v) is 4.08. The van der Waals surface area contributed by atoms with Crippen LogP contribution in [0, 0.1) is 6.92 Å². The van der Waals surface area contributed by atoms with Gasteiger partial charge < -0.3 is 11.1 Å². The molecule has 1 aromatic carbocycles. The molecule has 1 fully saturated rings. The number of nitrogens with one attached hydrogen (secondary N) is 1. The molecule has 0 aromatic heterocycles. The van der Waals surface area contributed by atoms with Crippen LogP contribution in [0.4, 0.5) is 11.4 Å². The van der Waals surface area contributed by atoms with Crippen LogP contribution in [0.1, 0.15) is 31.2 Å². The SMILES string of the molecule is Cc1ccc(N)cc1NC(=O)CCCS(=O)(=O)N1CCCC1.Cl. The van der Waals surface area contributed by atoms with Gasteiger partial charge in [0.1, 0.15) is 0 Å². The summed E-state index contributed by atoms with van der Waals surface area (Å²) in [6.45, 7) is 3.10. The van der Waals surface area contributed by atoms with E-state index < -0.39 is 10.0 Å². The molecule has 1 aliphatic rings. The molecule has 130 valence electrons. The van der Waals surface area contributed by atoms with Crippen molar-refractivity contribution in [2.75, 3.05) is 29.9 Å². The number of nitrogens with two attached hydrogens (primary N) is 1. The average molecular weight is 362 g/mol. The molecule has 2 rings (SSSR count). The van der Waals surface area contributed by atoms with E-state index in [4.69, 9.17) is 5.73 Å². The van der Waals surface area contributed by atoms with Crippen molar-refractivity contribution in [2.45, 2.75) is 32.6 Å². The summed E-state index contributed by atoms with van der Waals surface area (Å²) in [6, 6.07) is 5.31. The number of carbonyl (C=O) groups is 1. The van der Waals surface area contributed by atoms with E-state index in [-0.39, 0.29) is 30.5 Å². The van der Waals surface area contributed by atoms with Gasteiger partial charge >= 0.3 is 0 Å². The Labute approximate surface area is 143 Å². The lowest BCUT2D eigenvalue weighted by Crippen LogP contribution is -2.30. The first kappa shape index (κ1) is 19.7. The van der Waals surface area contributed by atoms with E-state index in [2.05, 4.69) is 5.32 Å². The highest BCUT2D eigenvalue weighted by atomic mass is 35.5. The number of nitrogens with zero attached hydrogens (tertiary/aromatic N) is 1. The maximum atomic E-state index is 12.0. The third-order valence-electron chi connectivity index (χ3n) is 3.80. The molecule has 0 saturated carbocycles. The first-order valence-corrected chi connectivity index (χ1v) is 9.13. The number of rotatable bonds is 6. The third kappa shape index (κ3) is 5.67. The molecule has 6 nitrogen and oxygen atoms in total. The molecule has 0 aliphatic carbocycles. The molecule has 0 unspecified atom stereocenters. The Balaban J connectivity index is 0.00000264. The molecule has 1 heterocycles. The van der Waals surface area contributed by atoms with Crippen LogP contribution in [0.2, 0.25) is 0 Å². The van der Waals surface area contributed by atoms with Crippen LogP contribution in [0.3, 0.4) is 0 Å². The zero-order valence-electron chi connectivity index (χ0n) is 13.2. The fraction of sp³-hybridized carbons (Fsp3) is 0.533. The summed E-state index contributed by atoms with van der Waals surface area (Å²) in [5, 5.41) is 2.78. The lowest BCUT2D eigenvalue weighted by Gasteiger charge is -2.15. The van der Waals surface area contributed by atoms with Gasteiger partial charge in [-0.3, -0.25) is 4.79 Å². The van der Waals surface area contributed by atoms with E-state index in [0.717, 1.165) is 18.4 Å². The summed E-state index contributed by atoms with van der Waals surface area (Å²) in [5.41, 5.74) is 7.87.